The number of amides is 1. The third-order valence-electron chi connectivity index (χ3n) is 4.65. The highest BCUT2D eigenvalue weighted by Gasteiger charge is 2.19. The van der Waals surface area contributed by atoms with E-state index in [2.05, 4.69) is 23.6 Å². The number of anilines is 1. The van der Waals surface area contributed by atoms with Crippen LogP contribution < -0.4 is 4.72 Å². The Bertz CT molecular complexity index is 833. The first-order valence-electron chi connectivity index (χ1n) is 9.23. The van der Waals surface area contributed by atoms with Crippen LogP contribution in [0, 0.1) is 5.92 Å². The summed E-state index contributed by atoms with van der Waals surface area (Å²) >= 11 is 0. The quantitative estimate of drug-likeness (QED) is 0.708. The molecule has 1 aromatic heterocycles. The number of hydrogen-bond acceptors (Lipinski definition) is 4. The number of aromatic nitrogens is 1. The van der Waals surface area contributed by atoms with Gasteiger partial charge >= 0.3 is 0 Å². The van der Waals surface area contributed by atoms with Crippen LogP contribution in [0.4, 0.5) is 5.69 Å². The Labute approximate surface area is 161 Å². The molecule has 0 radical (unpaired) electrons. The minimum atomic E-state index is -3.71. The summed E-state index contributed by atoms with van der Waals surface area (Å²) in [6.07, 6.45) is 5.08. The highest BCUT2D eigenvalue weighted by Crippen LogP contribution is 2.18. The summed E-state index contributed by atoms with van der Waals surface area (Å²) in [5.41, 5.74) is 0.929. The van der Waals surface area contributed by atoms with Gasteiger partial charge in [-0.05, 0) is 49.2 Å². The van der Waals surface area contributed by atoms with Gasteiger partial charge in [0.2, 0.25) is 0 Å². The van der Waals surface area contributed by atoms with Gasteiger partial charge in [-0.25, -0.2) is 8.42 Å². The van der Waals surface area contributed by atoms with Crippen LogP contribution in [0.3, 0.4) is 0 Å². The number of benzene rings is 1. The van der Waals surface area contributed by atoms with E-state index in [0.29, 0.717) is 30.3 Å². The van der Waals surface area contributed by atoms with E-state index in [9.17, 15) is 13.2 Å². The topological polar surface area (TPSA) is 79.4 Å². The molecule has 0 saturated heterocycles. The van der Waals surface area contributed by atoms with E-state index in [0.717, 1.165) is 12.8 Å². The number of pyridine rings is 1. The lowest BCUT2D eigenvalue weighted by Gasteiger charge is -2.25. The van der Waals surface area contributed by atoms with Crippen LogP contribution in [-0.2, 0) is 10.0 Å². The Hall–Kier alpha value is -2.41. The van der Waals surface area contributed by atoms with E-state index in [1.54, 1.807) is 24.3 Å². The lowest BCUT2D eigenvalue weighted by atomic mass is 10.0. The molecule has 2 aromatic rings. The highest BCUT2D eigenvalue weighted by atomic mass is 32.2. The molecule has 2 rings (SSSR count). The van der Waals surface area contributed by atoms with Crippen molar-refractivity contribution in [2.24, 2.45) is 5.92 Å². The molecule has 1 aromatic carbocycles. The molecular weight excluding hydrogens is 362 g/mol. The van der Waals surface area contributed by atoms with Gasteiger partial charge in [-0.15, -0.1) is 0 Å². The number of nitrogens with one attached hydrogen (secondary N) is 1. The fourth-order valence-corrected chi connectivity index (χ4v) is 3.87. The molecular formula is C20H27N3O3S. The van der Waals surface area contributed by atoms with E-state index < -0.39 is 10.0 Å². The van der Waals surface area contributed by atoms with Gasteiger partial charge in [0, 0.05) is 31.0 Å². The van der Waals surface area contributed by atoms with Crippen molar-refractivity contribution in [1.29, 1.82) is 0 Å². The number of nitrogens with zero attached hydrogens (tertiary/aromatic N) is 2. The van der Waals surface area contributed by atoms with Crippen LogP contribution in [0.25, 0.3) is 0 Å². The Kier molecular flexibility index (Phi) is 7.36. The Morgan fingerprint density at radius 3 is 2.15 bits per heavy atom. The van der Waals surface area contributed by atoms with Crippen molar-refractivity contribution in [3.8, 4) is 0 Å². The normalized spacial score (nSPS) is 11.4. The minimum Gasteiger partial charge on any atom is -0.339 e. The number of sulfonamides is 1. The van der Waals surface area contributed by atoms with Crippen molar-refractivity contribution in [1.82, 2.24) is 9.88 Å². The molecule has 1 heterocycles. The predicted octanol–water partition coefficient (Wildman–Crippen LogP) is 3.78. The zero-order valence-corrected chi connectivity index (χ0v) is 16.9. The fourth-order valence-electron chi connectivity index (χ4n) is 2.81. The van der Waals surface area contributed by atoms with Crippen LogP contribution in [0.1, 0.15) is 44.0 Å². The third-order valence-corrected chi connectivity index (χ3v) is 6.04. The molecule has 0 bridgehead atoms. The Balaban J connectivity index is 2.14. The van der Waals surface area contributed by atoms with Crippen LogP contribution in [0.2, 0.25) is 0 Å². The van der Waals surface area contributed by atoms with E-state index in [1.807, 2.05) is 11.8 Å². The molecule has 0 aliphatic carbocycles. The second-order valence-electron chi connectivity index (χ2n) is 6.39. The maximum atomic E-state index is 12.7. The van der Waals surface area contributed by atoms with Crippen LogP contribution in [0.5, 0.6) is 0 Å². The molecule has 0 spiro atoms. The summed E-state index contributed by atoms with van der Waals surface area (Å²) in [7, 11) is -3.71. The summed E-state index contributed by atoms with van der Waals surface area (Å²) in [6.45, 7) is 7.55. The molecule has 1 N–H and O–H groups in total. The second kappa shape index (κ2) is 9.50. The summed E-state index contributed by atoms with van der Waals surface area (Å²) in [6, 6.07) is 9.21. The zero-order chi connectivity index (χ0) is 19.9. The summed E-state index contributed by atoms with van der Waals surface area (Å²) in [5.74, 6) is 0.397. The lowest BCUT2D eigenvalue weighted by molar-refractivity contribution is 0.0735. The number of hydrogen-bond donors (Lipinski definition) is 1. The van der Waals surface area contributed by atoms with Crippen molar-refractivity contribution in [3.63, 3.8) is 0 Å². The van der Waals surface area contributed by atoms with Crippen LogP contribution >= 0.6 is 0 Å². The lowest BCUT2D eigenvalue weighted by Crippen LogP contribution is -2.35. The standard InChI is InChI=1S/C20H27N3O3S/c1-4-16(5-2)15-23(6-3)20(24)17-7-9-19(10-8-17)27(25,26)22-18-11-13-21-14-12-18/h7-14,16H,4-6,15H2,1-3H3,(H,21,22). The average Bonchev–Trinajstić information content (AvgIpc) is 2.69. The number of carbonyl (C=O) groups is 1. The Morgan fingerprint density at radius 2 is 1.63 bits per heavy atom. The van der Waals surface area contributed by atoms with E-state index in [-0.39, 0.29) is 10.8 Å². The van der Waals surface area contributed by atoms with Crippen LogP contribution in [-0.4, -0.2) is 37.3 Å². The molecule has 0 atom stereocenters. The molecule has 0 fully saturated rings. The largest absolute Gasteiger partial charge is 0.339 e. The predicted molar refractivity (Wildman–Crippen MR) is 107 cm³/mol. The summed E-state index contributed by atoms with van der Waals surface area (Å²) in [4.78, 5) is 18.5. The van der Waals surface area contributed by atoms with Gasteiger partial charge in [-0.2, -0.15) is 0 Å². The van der Waals surface area contributed by atoms with Crippen molar-refractivity contribution in [2.75, 3.05) is 17.8 Å². The van der Waals surface area contributed by atoms with Crippen molar-refractivity contribution in [2.45, 2.75) is 38.5 Å². The van der Waals surface area contributed by atoms with Gasteiger partial charge in [0.1, 0.15) is 0 Å². The van der Waals surface area contributed by atoms with Gasteiger partial charge in [0.25, 0.3) is 15.9 Å². The first-order chi connectivity index (χ1) is 12.9. The van der Waals surface area contributed by atoms with E-state index >= 15 is 0 Å². The first kappa shape index (κ1) is 20.9. The maximum absolute atomic E-state index is 12.7. The number of carbonyl (C=O) groups excluding carboxylic acids is 1. The second-order valence-corrected chi connectivity index (χ2v) is 8.07. The van der Waals surface area contributed by atoms with Crippen molar-refractivity contribution < 1.29 is 13.2 Å². The van der Waals surface area contributed by atoms with Crippen molar-refractivity contribution >= 4 is 21.6 Å². The fraction of sp³-hybridized carbons (Fsp3) is 0.400. The molecule has 0 saturated carbocycles. The monoisotopic (exact) mass is 389 g/mol. The molecule has 146 valence electrons. The third kappa shape index (κ3) is 5.53. The van der Waals surface area contributed by atoms with Gasteiger partial charge in [0.05, 0.1) is 10.6 Å². The molecule has 6 nitrogen and oxygen atoms in total. The molecule has 0 aliphatic rings. The minimum absolute atomic E-state index is 0.0737. The van der Waals surface area contributed by atoms with E-state index in [4.69, 9.17) is 0 Å². The smallest absolute Gasteiger partial charge is 0.261 e. The molecule has 27 heavy (non-hydrogen) atoms. The van der Waals surface area contributed by atoms with Gasteiger partial charge < -0.3 is 4.90 Å². The zero-order valence-electron chi connectivity index (χ0n) is 16.1. The average molecular weight is 390 g/mol. The first-order valence-corrected chi connectivity index (χ1v) is 10.7. The van der Waals surface area contributed by atoms with E-state index in [1.165, 1.54) is 24.5 Å². The van der Waals surface area contributed by atoms with Crippen LogP contribution in [0.15, 0.2) is 53.7 Å². The maximum Gasteiger partial charge on any atom is 0.261 e. The van der Waals surface area contributed by atoms with Gasteiger partial charge in [0.15, 0.2) is 0 Å². The summed E-state index contributed by atoms with van der Waals surface area (Å²) in [5, 5.41) is 0. The summed E-state index contributed by atoms with van der Waals surface area (Å²) < 4.78 is 27.4. The number of rotatable bonds is 9. The molecule has 1 amide bonds. The highest BCUT2D eigenvalue weighted by molar-refractivity contribution is 7.92. The van der Waals surface area contributed by atoms with Crippen molar-refractivity contribution in [3.05, 3.63) is 54.4 Å². The molecule has 7 heteroatoms. The Morgan fingerprint density at radius 1 is 1.04 bits per heavy atom. The van der Waals surface area contributed by atoms with Gasteiger partial charge in [-0.1, -0.05) is 26.7 Å². The van der Waals surface area contributed by atoms with Gasteiger partial charge in [-0.3, -0.25) is 14.5 Å². The molecule has 0 aliphatic heterocycles. The SMILES string of the molecule is CCC(CC)CN(CC)C(=O)c1ccc(S(=O)(=O)Nc2ccncc2)cc1. The molecule has 0 unspecified atom stereocenters.